The lowest BCUT2D eigenvalue weighted by molar-refractivity contribution is -0.0493. The van der Waals surface area contributed by atoms with Crippen LogP contribution in [-0.2, 0) is 13.6 Å². The molecule has 0 aliphatic heterocycles. The number of benzene rings is 1. The maximum absolute atomic E-state index is 12.2. The monoisotopic (exact) mass is 253 g/mol. The molecule has 1 heterocycles. The molecule has 1 aromatic carbocycles. The minimum absolute atomic E-state index is 0.134. The number of imidazole rings is 1. The van der Waals surface area contributed by atoms with Gasteiger partial charge in [0.15, 0.2) is 0 Å². The number of aromatic nitrogens is 2. The number of hydrogen-bond donors (Lipinski definition) is 1. The Morgan fingerprint density at radius 2 is 2.17 bits per heavy atom. The second-order valence-corrected chi connectivity index (χ2v) is 3.72. The number of nitrogens with zero attached hydrogens (tertiary/aromatic N) is 2. The van der Waals surface area contributed by atoms with Crippen LogP contribution in [0.2, 0.25) is 0 Å². The van der Waals surface area contributed by atoms with Gasteiger partial charge in [-0.15, -0.1) is 0 Å². The molecule has 0 saturated heterocycles. The van der Waals surface area contributed by atoms with Gasteiger partial charge >= 0.3 is 6.61 Å². The first-order chi connectivity index (χ1) is 8.66. The molecule has 2 rings (SSSR count). The van der Waals surface area contributed by atoms with Crippen molar-refractivity contribution in [2.24, 2.45) is 7.05 Å². The maximum atomic E-state index is 12.2. The Balaban J connectivity index is 2.07. The fourth-order valence-corrected chi connectivity index (χ4v) is 1.55. The summed E-state index contributed by atoms with van der Waals surface area (Å²) in [5, 5.41) is 3.04. The number of alkyl halides is 2. The Morgan fingerprint density at radius 1 is 1.39 bits per heavy atom. The van der Waals surface area contributed by atoms with Crippen molar-refractivity contribution >= 4 is 5.69 Å². The normalized spacial score (nSPS) is 10.7. The fourth-order valence-electron chi connectivity index (χ4n) is 1.55. The van der Waals surface area contributed by atoms with Crippen molar-refractivity contribution in [1.82, 2.24) is 9.55 Å². The van der Waals surface area contributed by atoms with Crippen LogP contribution < -0.4 is 10.1 Å². The summed E-state index contributed by atoms with van der Waals surface area (Å²) in [5.41, 5.74) is 1.47. The number of rotatable bonds is 5. The van der Waals surface area contributed by atoms with E-state index < -0.39 is 6.61 Å². The van der Waals surface area contributed by atoms with Gasteiger partial charge in [0, 0.05) is 13.2 Å². The molecule has 1 aromatic heterocycles. The van der Waals surface area contributed by atoms with Crippen molar-refractivity contribution in [3.05, 3.63) is 42.5 Å². The SMILES string of the molecule is Cn1cncc1CNc1ccccc1OC(F)F. The van der Waals surface area contributed by atoms with Crippen molar-refractivity contribution in [2.75, 3.05) is 5.32 Å². The zero-order valence-electron chi connectivity index (χ0n) is 9.81. The molecule has 18 heavy (non-hydrogen) atoms. The second-order valence-electron chi connectivity index (χ2n) is 3.72. The van der Waals surface area contributed by atoms with Gasteiger partial charge in [0.25, 0.3) is 0 Å². The van der Waals surface area contributed by atoms with Gasteiger partial charge in [-0.3, -0.25) is 0 Å². The molecule has 0 aliphatic rings. The van der Waals surface area contributed by atoms with Crippen molar-refractivity contribution < 1.29 is 13.5 Å². The van der Waals surface area contributed by atoms with Gasteiger partial charge in [0.2, 0.25) is 0 Å². The van der Waals surface area contributed by atoms with Crippen LogP contribution in [0.15, 0.2) is 36.8 Å². The lowest BCUT2D eigenvalue weighted by Gasteiger charge is -2.12. The largest absolute Gasteiger partial charge is 0.433 e. The topological polar surface area (TPSA) is 39.1 Å². The molecule has 4 nitrogen and oxygen atoms in total. The van der Waals surface area contributed by atoms with Gasteiger partial charge in [-0.05, 0) is 12.1 Å². The van der Waals surface area contributed by atoms with Gasteiger partial charge in [-0.1, -0.05) is 12.1 Å². The quantitative estimate of drug-likeness (QED) is 0.890. The fraction of sp³-hybridized carbons (Fsp3) is 0.250. The average molecular weight is 253 g/mol. The minimum Gasteiger partial charge on any atom is -0.433 e. The van der Waals surface area contributed by atoms with Crippen LogP contribution in [0, 0.1) is 0 Å². The van der Waals surface area contributed by atoms with Crippen LogP contribution in [0.25, 0.3) is 0 Å². The molecule has 96 valence electrons. The molecule has 1 N–H and O–H groups in total. The van der Waals surface area contributed by atoms with Crippen molar-refractivity contribution in [3.63, 3.8) is 0 Å². The summed E-state index contributed by atoms with van der Waals surface area (Å²) in [4.78, 5) is 3.98. The number of aryl methyl sites for hydroxylation is 1. The van der Waals surface area contributed by atoms with Gasteiger partial charge in [-0.25, -0.2) is 4.98 Å². The van der Waals surface area contributed by atoms with Crippen LogP contribution in [-0.4, -0.2) is 16.2 Å². The van der Waals surface area contributed by atoms with E-state index >= 15 is 0 Å². The summed E-state index contributed by atoms with van der Waals surface area (Å²) in [5.74, 6) is 0.134. The molecule has 0 bridgehead atoms. The molecule has 0 fully saturated rings. The zero-order chi connectivity index (χ0) is 13.0. The van der Waals surface area contributed by atoms with Crippen molar-refractivity contribution in [1.29, 1.82) is 0 Å². The van der Waals surface area contributed by atoms with E-state index in [-0.39, 0.29) is 5.75 Å². The molecule has 0 spiro atoms. The molecule has 0 amide bonds. The Morgan fingerprint density at radius 3 is 2.83 bits per heavy atom. The number of halogens is 2. The third-order valence-corrected chi connectivity index (χ3v) is 2.48. The summed E-state index contributed by atoms with van der Waals surface area (Å²) < 4.78 is 30.7. The summed E-state index contributed by atoms with van der Waals surface area (Å²) in [6, 6.07) is 6.59. The highest BCUT2D eigenvalue weighted by atomic mass is 19.3. The van der Waals surface area contributed by atoms with Gasteiger partial charge in [-0.2, -0.15) is 8.78 Å². The molecule has 0 unspecified atom stereocenters. The van der Waals surface area contributed by atoms with E-state index in [1.807, 2.05) is 11.6 Å². The van der Waals surface area contributed by atoms with Crippen molar-refractivity contribution in [2.45, 2.75) is 13.2 Å². The number of hydrogen-bond acceptors (Lipinski definition) is 3. The van der Waals surface area contributed by atoms with Crippen molar-refractivity contribution in [3.8, 4) is 5.75 Å². The molecule has 2 aromatic rings. The molecular weight excluding hydrogens is 240 g/mol. The van der Waals surface area contributed by atoms with E-state index in [9.17, 15) is 8.78 Å². The number of para-hydroxylation sites is 2. The standard InChI is InChI=1S/C12H13F2N3O/c1-17-8-15-6-9(17)7-16-10-4-2-3-5-11(10)18-12(13)14/h2-6,8,12,16H,7H2,1H3. The first-order valence-electron chi connectivity index (χ1n) is 5.39. The molecule has 0 radical (unpaired) electrons. The first kappa shape index (κ1) is 12.3. The summed E-state index contributed by atoms with van der Waals surface area (Å²) >= 11 is 0. The molecular formula is C12H13F2N3O. The maximum Gasteiger partial charge on any atom is 0.387 e. The Bertz CT molecular complexity index is 514. The lowest BCUT2D eigenvalue weighted by Crippen LogP contribution is -2.08. The van der Waals surface area contributed by atoms with E-state index in [2.05, 4.69) is 15.0 Å². The van der Waals surface area contributed by atoms with E-state index in [1.165, 1.54) is 6.07 Å². The highest BCUT2D eigenvalue weighted by Crippen LogP contribution is 2.25. The second kappa shape index (κ2) is 5.48. The first-order valence-corrected chi connectivity index (χ1v) is 5.39. The molecule has 0 saturated carbocycles. The van der Waals surface area contributed by atoms with Crippen LogP contribution in [0.1, 0.15) is 5.69 Å². The Kier molecular flexibility index (Phi) is 3.76. The van der Waals surface area contributed by atoms with E-state index in [0.29, 0.717) is 12.2 Å². The lowest BCUT2D eigenvalue weighted by atomic mass is 10.3. The van der Waals surface area contributed by atoms with Crippen LogP contribution >= 0.6 is 0 Å². The molecule has 0 aliphatic carbocycles. The van der Waals surface area contributed by atoms with Crippen LogP contribution in [0.3, 0.4) is 0 Å². The smallest absolute Gasteiger partial charge is 0.387 e. The average Bonchev–Trinajstić information content (AvgIpc) is 2.73. The summed E-state index contributed by atoms with van der Waals surface area (Å²) in [6.07, 6.45) is 3.39. The van der Waals surface area contributed by atoms with Crippen LogP contribution in [0.4, 0.5) is 14.5 Å². The highest BCUT2D eigenvalue weighted by Gasteiger charge is 2.09. The van der Waals surface area contributed by atoms with Gasteiger partial charge in [0.05, 0.1) is 24.3 Å². The molecule has 6 heteroatoms. The zero-order valence-corrected chi connectivity index (χ0v) is 9.81. The number of anilines is 1. The van der Waals surface area contributed by atoms with Gasteiger partial charge < -0.3 is 14.6 Å². The predicted molar refractivity (Wildman–Crippen MR) is 63.6 cm³/mol. The summed E-state index contributed by atoms with van der Waals surface area (Å²) in [7, 11) is 1.87. The van der Waals surface area contributed by atoms with Gasteiger partial charge in [0.1, 0.15) is 5.75 Å². The predicted octanol–water partition coefficient (Wildman–Crippen LogP) is 2.63. The third kappa shape index (κ3) is 2.97. The van der Waals surface area contributed by atoms with E-state index in [0.717, 1.165) is 5.69 Å². The molecule has 0 atom stereocenters. The number of nitrogens with one attached hydrogen (secondary N) is 1. The Labute approximate surface area is 103 Å². The number of ether oxygens (including phenoxy) is 1. The highest BCUT2D eigenvalue weighted by molar-refractivity contribution is 5.56. The third-order valence-electron chi connectivity index (χ3n) is 2.48. The van der Waals surface area contributed by atoms with Crippen LogP contribution in [0.5, 0.6) is 5.75 Å². The Hall–Kier alpha value is -2.11. The minimum atomic E-state index is -2.83. The van der Waals surface area contributed by atoms with E-state index in [1.54, 1.807) is 30.7 Å². The summed E-state index contributed by atoms with van der Waals surface area (Å²) in [6.45, 7) is -2.34. The van der Waals surface area contributed by atoms with E-state index in [4.69, 9.17) is 0 Å².